The maximum Gasteiger partial charge on any atom is 0.179 e. The van der Waals surface area contributed by atoms with Gasteiger partial charge in [0, 0.05) is 13.1 Å². The van der Waals surface area contributed by atoms with Crippen molar-refractivity contribution in [3.05, 3.63) is 29.8 Å². The molecule has 5 nitrogen and oxygen atoms in total. The summed E-state index contributed by atoms with van der Waals surface area (Å²) in [6, 6.07) is 7.89. The summed E-state index contributed by atoms with van der Waals surface area (Å²) in [6.45, 7) is 2.77. The van der Waals surface area contributed by atoms with E-state index in [0.717, 1.165) is 0 Å². The van der Waals surface area contributed by atoms with Crippen LogP contribution in [-0.4, -0.2) is 50.4 Å². The standard InChI is InChI=1S/C14H20N2O3S/c1-12(17)7-8-16(2)9-10-20(18,19)14-5-3-13(11-15)4-6-14/h3-6,12,17H,7-10H2,1-2H3. The van der Waals surface area contributed by atoms with Crippen molar-refractivity contribution in [3.63, 3.8) is 0 Å². The van der Waals surface area contributed by atoms with Crippen LogP contribution in [0.1, 0.15) is 18.9 Å². The van der Waals surface area contributed by atoms with E-state index in [1.54, 1.807) is 6.92 Å². The van der Waals surface area contributed by atoms with E-state index in [4.69, 9.17) is 5.26 Å². The molecule has 0 amide bonds. The van der Waals surface area contributed by atoms with Gasteiger partial charge in [0.25, 0.3) is 0 Å². The van der Waals surface area contributed by atoms with Gasteiger partial charge in [-0.2, -0.15) is 5.26 Å². The van der Waals surface area contributed by atoms with E-state index in [0.29, 0.717) is 25.1 Å². The van der Waals surface area contributed by atoms with Crippen LogP contribution < -0.4 is 0 Å². The lowest BCUT2D eigenvalue weighted by molar-refractivity contribution is 0.166. The molecule has 1 aromatic carbocycles. The summed E-state index contributed by atoms with van der Waals surface area (Å²) >= 11 is 0. The lowest BCUT2D eigenvalue weighted by atomic mass is 10.2. The van der Waals surface area contributed by atoms with E-state index in [2.05, 4.69) is 0 Å². The summed E-state index contributed by atoms with van der Waals surface area (Å²) in [4.78, 5) is 2.12. The molecule has 0 fully saturated rings. The Labute approximate surface area is 120 Å². The molecule has 0 bridgehead atoms. The Hall–Kier alpha value is -1.42. The van der Waals surface area contributed by atoms with Crippen LogP contribution in [0.2, 0.25) is 0 Å². The van der Waals surface area contributed by atoms with Gasteiger partial charge < -0.3 is 10.0 Å². The third-order valence-corrected chi connectivity index (χ3v) is 4.72. The van der Waals surface area contributed by atoms with Crippen molar-refractivity contribution in [2.75, 3.05) is 25.9 Å². The Morgan fingerprint density at radius 1 is 1.30 bits per heavy atom. The van der Waals surface area contributed by atoms with Gasteiger partial charge in [-0.3, -0.25) is 0 Å². The Morgan fingerprint density at radius 3 is 2.40 bits per heavy atom. The molecule has 1 atom stereocenters. The quantitative estimate of drug-likeness (QED) is 0.813. The average molecular weight is 296 g/mol. The molecule has 0 radical (unpaired) electrons. The Kier molecular flexibility index (Phi) is 6.14. The minimum Gasteiger partial charge on any atom is -0.393 e. The van der Waals surface area contributed by atoms with Crippen molar-refractivity contribution in [2.45, 2.75) is 24.3 Å². The fourth-order valence-corrected chi connectivity index (χ4v) is 2.99. The maximum atomic E-state index is 12.1. The minimum atomic E-state index is -3.33. The van der Waals surface area contributed by atoms with Gasteiger partial charge in [-0.1, -0.05) is 0 Å². The molecule has 110 valence electrons. The largest absolute Gasteiger partial charge is 0.393 e. The summed E-state index contributed by atoms with van der Waals surface area (Å²) in [5, 5.41) is 17.9. The number of aliphatic hydroxyl groups excluding tert-OH is 1. The van der Waals surface area contributed by atoms with Crippen LogP contribution in [0, 0.1) is 11.3 Å². The first-order valence-electron chi connectivity index (χ1n) is 6.44. The SMILES string of the molecule is CC(O)CCN(C)CCS(=O)(=O)c1ccc(C#N)cc1. The highest BCUT2D eigenvalue weighted by Crippen LogP contribution is 2.12. The number of hydrogen-bond donors (Lipinski definition) is 1. The van der Waals surface area contributed by atoms with Crippen molar-refractivity contribution in [3.8, 4) is 6.07 Å². The van der Waals surface area contributed by atoms with E-state index in [1.807, 2.05) is 18.0 Å². The van der Waals surface area contributed by atoms with Gasteiger partial charge in [-0.05, 0) is 44.7 Å². The lowest BCUT2D eigenvalue weighted by Crippen LogP contribution is -2.28. The molecule has 0 spiro atoms. The van der Waals surface area contributed by atoms with Crippen LogP contribution in [0.3, 0.4) is 0 Å². The van der Waals surface area contributed by atoms with Gasteiger partial charge in [0.2, 0.25) is 0 Å². The summed E-state index contributed by atoms with van der Waals surface area (Å²) in [5.74, 6) is 0.0230. The van der Waals surface area contributed by atoms with Crippen LogP contribution in [0.5, 0.6) is 0 Å². The minimum absolute atomic E-state index is 0.0230. The first kappa shape index (κ1) is 16.6. The van der Waals surface area contributed by atoms with Crippen molar-refractivity contribution in [1.82, 2.24) is 4.90 Å². The zero-order valence-corrected chi connectivity index (χ0v) is 12.6. The molecular formula is C14H20N2O3S. The molecule has 0 aromatic heterocycles. The number of hydrogen-bond acceptors (Lipinski definition) is 5. The molecule has 0 heterocycles. The van der Waals surface area contributed by atoms with Gasteiger partial charge in [0.05, 0.1) is 28.4 Å². The highest BCUT2D eigenvalue weighted by Gasteiger charge is 2.15. The van der Waals surface area contributed by atoms with Gasteiger partial charge >= 0.3 is 0 Å². The van der Waals surface area contributed by atoms with E-state index in [9.17, 15) is 13.5 Å². The Balaban J connectivity index is 2.59. The number of nitriles is 1. The third kappa shape index (κ3) is 5.29. The van der Waals surface area contributed by atoms with Crippen molar-refractivity contribution >= 4 is 9.84 Å². The topological polar surface area (TPSA) is 81.4 Å². The molecule has 0 aliphatic rings. The normalized spacial score (nSPS) is 13.2. The molecule has 1 N–H and O–H groups in total. The monoisotopic (exact) mass is 296 g/mol. The molecule has 0 saturated carbocycles. The van der Waals surface area contributed by atoms with Crippen LogP contribution in [0.25, 0.3) is 0 Å². The molecule has 0 aliphatic carbocycles. The fraction of sp³-hybridized carbons (Fsp3) is 0.500. The summed E-state index contributed by atoms with van der Waals surface area (Å²) in [7, 11) is -1.50. The van der Waals surface area contributed by atoms with Gasteiger partial charge in [-0.25, -0.2) is 8.42 Å². The van der Waals surface area contributed by atoms with Crippen molar-refractivity contribution in [1.29, 1.82) is 5.26 Å². The van der Waals surface area contributed by atoms with E-state index in [1.165, 1.54) is 24.3 Å². The van der Waals surface area contributed by atoms with Crippen LogP contribution in [0.15, 0.2) is 29.2 Å². The smallest absolute Gasteiger partial charge is 0.179 e. The highest BCUT2D eigenvalue weighted by molar-refractivity contribution is 7.91. The van der Waals surface area contributed by atoms with Crippen LogP contribution in [-0.2, 0) is 9.84 Å². The first-order chi connectivity index (χ1) is 9.35. The zero-order valence-electron chi connectivity index (χ0n) is 11.8. The fourth-order valence-electron chi connectivity index (χ4n) is 1.65. The van der Waals surface area contributed by atoms with Gasteiger partial charge in [0.1, 0.15) is 0 Å². The van der Waals surface area contributed by atoms with Gasteiger partial charge in [-0.15, -0.1) is 0 Å². The molecule has 0 aliphatic heterocycles. The number of nitrogens with zero attached hydrogens (tertiary/aromatic N) is 2. The molecular weight excluding hydrogens is 276 g/mol. The van der Waals surface area contributed by atoms with Crippen molar-refractivity contribution in [2.24, 2.45) is 0 Å². The average Bonchev–Trinajstić information content (AvgIpc) is 2.43. The summed E-state index contributed by atoms with van der Waals surface area (Å²) in [5.41, 5.74) is 0.443. The first-order valence-corrected chi connectivity index (χ1v) is 8.10. The highest BCUT2D eigenvalue weighted by atomic mass is 32.2. The molecule has 0 saturated heterocycles. The number of benzene rings is 1. The zero-order chi connectivity index (χ0) is 15.2. The van der Waals surface area contributed by atoms with E-state index in [-0.39, 0.29) is 16.8 Å². The predicted octanol–water partition coefficient (Wildman–Crippen LogP) is 1.03. The lowest BCUT2D eigenvalue weighted by Gasteiger charge is -2.17. The maximum absolute atomic E-state index is 12.1. The van der Waals surface area contributed by atoms with E-state index < -0.39 is 9.84 Å². The second-order valence-corrected chi connectivity index (χ2v) is 7.01. The molecule has 6 heteroatoms. The Bertz CT molecular complexity index is 559. The molecule has 1 unspecified atom stereocenters. The second-order valence-electron chi connectivity index (χ2n) is 4.90. The second kappa shape index (κ2) is 7.39. The van der Waals surface area contributed by atoms with Crippen molar-refractivity contribution < 1.29 is 13.5 Å². The third-order valence-electron chi connectivity index (χ3n) is 3.01. The number of aliphatic hydroxyl groups is 1. The van der Waals surface area contributed by atoms with Crippen LogP contribution in [0.4, 0.5) is 0 Å². The van der Waals surface area contributed by atoms with Crippen LogP contribution >= 0.6 is 0 Å². The molecule has 1 aromatic rings. The Morgan fingerprint density at radius 2 is 1.90 bits per heavy atom. The summed E-state index contributed by atoms with van der Waals surface area (Å²) < 4.78 is 24.2. The number of rotatable bonds is 7. The summed E-state index contributed by atoms with van der Waals surface area (Å²) in [6.07, 6.45) is 0.237. The number of sulfone groups is 1. The molecule has 20 heavy (non-hydrogen) atoms. The van der Waals surface area contributed by atoms with Gasteiger partial charge in [0.15, 0.2) is 9.84 Å². The molecule has 1 rings (SSSR count). The van der Waals surface area contributed by atoms with E-state index >= 15 is 0 Å². The predicted molar refractivity (Wildman–Crippen MR) is 77.0 cm³/mol.